The molecule has 0 bridgehead atoms. The van der Waals surface area contributed by atoms with E-state index in [9.17, 15) is 13.2 Å². The van der Waals surface area contributed by atoms with Crippen molar-refractivity contribution in [3.63, 3.8) is 0 Å². The van der Waals surface area contributed by atoms with Crippen LogP contribution >= 0.6 is 11.3 Å². The molecule has 9 heteroatoms. The van der Waals surface area contributed by atoms with E-state index in [-0.39, 0.29) is 5.91 Å². The molecule has 1 saturated heterocycles. The Kier molecular flexibility index (Phi) is 4.29. The van der Waals surface area contributed by atoms with Crippen LogP contribution in [0.15, 0.2) is 35.7 Å². The lowest BCUT2D eigenvalue weighted by molar-refractivity contribution is 0.0693. The maximum atomic E-state index is 12.7. The molecule has 136 valence electrons. The van der Waals surface area contributed by atoms with Crippen LogP contribution in [0.25, 0.3) is 21.6 Å². The number of sulfonamides is 1. The number of aromatic nitrogens is 2. The highest BCUT2D eigenvalue weighted by molar-refractivity contribution is 7.88. The molecule has 1 aliphatic rings. The number of carbonyl (C=O) groups excluding carboxylic acids is 1. The number of hydrogen-bond acceptors (Lipinski definition) is 5. The molecule has 1 aromatic carbocycles. The quantitative estimate of drug-likeness (QED) is 0.741. The number of aromatic amines is 1. The van der Waals surface area contributed by atoms with Gasteiger partial charge < -0.3 is 9.88 Å². The van der Waals surface area contributed by atoms with Crippen molar-refractivity contribution < 1.29 is 13.2 Å². The highest BCUT2D eigenvalue weighted by Gasteiger charge is 2.27. The summed E-state index contributed by atoms with van der Waals surface area (Å²) in [5.74, 6) is -0.156. The Labute approximate surface area is 155 Å². The second kappa shape index (κ2) is 6.49. The van der Waals surface area contributed by atoms with Crippen molar-refractivity contribution in [2.75, 3.05) is 32.4 Å². The minimum Gasteiger partial charge on any atom is -0.353 e. The van der Waals surface area contributed by atoms with Crippen LogP contribution in [0.5, 0.6) is 0 Å². The Morgan fingerprint density at radius 3 is 2.62 bits per heavy atom. The molecule has 1 amide bonds. The maximum absolute atomic E-state index is 12.7. The standard InChI is InChI=1S/C17H18N4O3S2/c1-26(23,24)21-8-6-20(7-9-21)17(22)15-11-25-16(19-15)14-10-12-4-2-3-5-13(12)18-14/h2-5,10-11,18H,6-9H2,1H3. The molecule has 0 aliphatic carbocycles. The van der Waals surface area contributed by atoms with Crippen molar-refractivity contribution in [3.05, 3.63) is 41.4 Å². The van der Waals surface area contributed by atoms with E-state index in [1.165, 1.54) is 21.9 Å². The number of benzene rings is 1. The summed E-state index contributed by atoms with van der Waals surface area (Å²) in [7, 11) is -3.21. The van der Waals surface area contributed by atoms with Gasteiger partial charge in [-0.25, -0.2) is 13.4 Å². The topological polar surface area (TPSA) is 86.4 Å². The molecule has 1 fully saturated rings. The van der Waals surface area contributed by atoms with Gasteiger partial charge in [0.15, 0.2) is 0 Å². The third-order valence-electron chi connectivity index (χ3n) is 4.48. The monoisotopic (exact) mass is 390 g/mol. The number of H-pyrrole nitrogens is 1. The molecule has 3 heterocycles. The number of thiazole rings is 1. The maximum Gasteiger partial charge on any atom is 0.273 e. The van der Waals surface area contributed by atoms with Crippen molar-refractivity contribution in [3.8, 4) is 10.7 Å². The molecular formula is C17H18N4O3S2. The largest absolute Gasteiger partial charge is 0.353 e. The average molecular weight is 390 g/mol. The van der Waals surface area contributed by atoms with Crippen LogP contribution < -0.4 is 0 Å². The first-order valence-electron chi connectivity index (χ1n) is 8.20. The van der Waals surface area contributed by atoms with Gasteiger partial charge in [-0.3, -0.25) is 4.79 Å². The van der Waals surface area contributed by atoms with Gasteiger partial charge in [-0.1, -0.05) is 18.2 Å². The van der Waals surface area contributed by atoms with Crippen LogP contribution in [0.1, 0.15) is 10.5 Å². The Balaban J connectivity index is 1.50. The lowest BCUT2D eigenvalue weighted by Gasteiger charge is -2.32. The Bertz CT molecular complexity index is 1030. The van der Waals surface area contributed by atoms with Gasteiger partial charge in [0.25, 0.3) is 5.91 Å². The van der Waals surface area contributed by atoms with E-state index in [2.05, 4.69) is 9.97 Å². The first-order valence-corrected chi connectivity index (χ1v) is 10.9. The van der Waals surface area contributed by atoms with Gasteiger partial charge >= 0.3 is 0 Å². The van der Waals surface area contributed by atoms with E-state index in [4.69, 9.17) is 0 Å². The lowest BCUT2D eigenvalue weighted by atomic mass is 10.2. The summed E-state index contributed by atoms with van der Waals surface area (Å²) in [6.07, 6.45) is 1.19. The fraction of sp³-hybridized carbons (Fsp3) is 0.294. The number of nitrogens with zero attached hydrogens (tertiary/aromatic N) is 3. The zero-order valence-corrected chi connectivity index (χ0v) is 15.8. The van der Waals surface area contributed by atoms with Gasteiger partial charge in [0.05, 0.1) is 11.9 Å². The minimum absolute atomic E-state index is 0.156. The third kappa shape index (κ3) is 3.25. The SMILES string of the molecule is CS(=O)(=O)N1CCN(C(=O)c2csc(-c3cc4ccccc4[nH]3)n2)CC1. The smallest absolute Gasteiger partial charge is 0.273 e. The van der Waals surface area contributed by atoms with Crippen LogP contribution in [-0.4, -0.2) is 65.9 Å². The molecule has 1 aliphatic heterocycles. The number of para-hydroxylation sites is 1. The van der Waals surface area contributed by atoms with Gasteiger partial charge in [-0.2, -0.15) is 4.31 Å². The predicted molar refractivity (Wildman–Crippen MR) is 102 cm³/mol. The summed E-state index contributed by atoms with van der Waals surface area (Å²) in [5.41, 5.74) is 2.32. The van der Waals surface area contributed by atoms with Gasteiger partial charge in [-0.15, -0.1) is 11.3 Å². The molecule has 0 saturated carbocycles. The van der Waals surface area contributed by atoms with Crippen LogP contribution in [0.4, 0.5) is 0 Å². The molecule has 0 unspecified atom stereocenters. The first kappa shape index (κ1) is 17.2. The molecule has 1 N–H and O–H groups in total. The molecule has 0 spiro atoms. The Morgan fingerprint density at radius 2 is 1.92 bits per heavy atom. The Hall–Kier alpha value is -2.23. The van der Waals surface area contributed by atoms with Crippen molar-refractivity contribution >= 4 is 38.2 Å². The molecule has 0 atom stereocenters. The molecule has 26 heavy (non-hydrogen) atoms. The molecular weight excluding hydrogens is 372 g/mol. The minimum atomic E-state index is -3.21. The van der Waals surface area contributed by atoms with E-state index in [0.717, 1.165) is 21.6 Å². The number of amides is 1. The number of hydrogen-bond donors (Lipinski definition) is 1. The van der Waals surface area contributed by atoms with Crippen LogP contribution in [0.2, 0.25) is 0 Å². The van der Waals surface area contributed by atoms with E-state index < -0.39 is 10.0 Å². The van der Waals surface area contributed by atoms with Gasteiger partial charge in [0.2, 0.25) is 10.0 Å². The highest BCUT2D eigenvalue weighted by atomic mass is 32.2. The van der Waals surface area contributed by atoms with Crippen molar-refractivity contribution in [2.24, 2.45) is 0 Å². The summed E-state index contributed by atoms with van der Waals surface area (Å²) in [6.45, 7) is 1.41. The normalized spacial score (nSPS) is 16.3. The van der Waals surface area contributed by atoms with E-state index in [1.54, 1.807) is 10.3 Å². The molecule has 7 nitrogen and oxygen atoms in total. The van der Waals surface area contributed by atoms with Crippen LogP contribution in [0, 0.1) is 0 Å². The van der Waals surface area contributed by atoms with Crippen LogP contribution in [0.3, 0.4) is 0 Å². The van der Waals surface area contributed by atoms with Crippen molar-refractivity contribution in [1.82, 2.24) is 19.2 Å². The number of fused-ring (bicyclic) bond motifs is 1. The van der Waals surface area contributed by atoms with Gasteiger partial charge in [0.1, 0.15) is 10.7 Å². The number of nitrogens with one attached hydrogen (secondary N) is 1. The summed E-state index contributed by atoms with van der Waals surface area (Å²) in [4.78, 5) is 22.1. The average Bonchev–Trinajstić information content (AvgIpc) is 3.27. The van der Waals surface area contributed by atoms with Crippen LogP contribution in [-0.2, 0) is 10.0 Å². The fourth-order valence-corrected chi connectivity index (χ4v) is 4.66. The molecule has 2 aromatic heterocycles. The van der Waals surface area contributed by atoms with Crippen molar-refractivity contribution in [1.29, 1.82) is 0 Å². The third-order valence-corrected chi connectivity index (χ3v) is 6.66. The number of carbonyl (C=O) groups is 1. The van der Waals surface area contributed by atoms with E-state index in [1.807, 2.05) is 30.3 Å². The number of piperazine rings is 1. The summed E-state index contributed by atoms with van der Waals surface area (Å²) in [6, 6.07) is 9.99. The number of rotatable bonds is 3. The Morgan fingerprint density at radius 1 is 1.19 bits per heavy atom. The van der Waals surface area contributed by atoms with E-state index >= 15 is 0 Å². The molecule has 0 radical (unpaired) electrons. The summed E-state index contributed by atoms with van der Waals surface area (Å²) in [5, 5.41) is 3.62. The summed E-state index contributed by atoms with van der Waals surface area (Å²) >= 11 is 1.42. The summed E-state index contributed by atoms with van der Waals surface area (Å²) < 4.78 is 24.5. The second-order valence-electron chi connectivity index (χ2n) is 6.26. The molecule has 3 aromatic rings. The molecule has 4 rings (SSSR count). The van der Waals surface area contributed by atoms with E-state index in [0.29, 0.717) is 31.9 Å². The van der Waals surface area contributed by atoms with Gasteiger partial charge in [0, 0.05) is 42.5 Å². The fourth-order valence-electron chi connectivity index (χ4n) is 3.07. The first-order chi connectivity index (χ1) is 12.4. The van der Waals surface area contributed by atoms with Gasteiger partial charge in [-0.05, 0) is 12.1 Å². The highest BCUT2D eigenvalue weighted by Crippen LogP contribution is 2.27. The zero-order valence-electron chi connectivity index (χ0n) is 14.2. The second-order valence-corrected chi connectivity index (χ2v) is 9.10. The predicted octanol–water partition coefficient (Wildman–Crippen LogP) is 2.01. The zero-order chi connectivity index (χ0) is 18.3. The lowest BCUT2D eigenvalue weighted by Crippen LogP contribution is -2.50. The van der Waals surface area contributed by atoms with Crippen molar-refractivity contribution in [2.45, 2.75) is 0 Å².